The number of carbonyl (C=O) groups is 1. The third kappa shape index (κ3) is 1.98. The molecule has 1 N–H and O–H groups in total. The summed E-state index contributed by atoms with van der Waals surface area (Å²) >= 11 is 11.8. The van der Waals surface area contributed by atoms with Crippen LogP contribution in [0.5, 0.6) is 0 Å². The van der Waals surface area contributed by atoms with Crippen LogP contribution < -0.4 is 0 Å². The smallest absolute Gasteiger partial charge is 0.326 e. The number of fused-ring (bicyclic) bond motifs is 1. The van der Waals surface area contributed by atoms with E-state index in [-0.39, 0.29) is 0 Å². The lowest BCUT2D eigenvalue weighted by Crippen LogP contribution is -2.16. The zero-order valence-electron chi connectivity index (χ0n) is 9.24. The van der Waals surface area contributed by atoms with E-state index in [9.17, 15) is 4.79 Å². The second kappa shape index (κ2) is 4.20. The van der Waals surface area contributed by atoms with E-state index >= 15 is 0 Å². The molecule has 2 rings (SSSR count). The monoisotopic (exact) mass is 272 g/mol. The van der Waals surface area contributed by atoms with Crippen molar-refractivity contribution in [2.24, 2.45) is 0 Å². The summed E-state index contributed by atoms with van der Waals surface area (Å²) < 4.78 is 1.62. The third-order valence-corrected chi connectivity index (χ3v) is 3.37. The Morgan fingerprint density at radius 3 is 2.59 bits per heavy atom. The predicted octanol–water partition coefficient (Wildman–Crippen LogP) is 3.30. The van der Waals surface area contributed by atoms with Crippen LogP contribution in [0.4, 0.5) is 0 Å². The summed E-state index contributed by atoms with van der Waals surface area (Å²) in [6.07, 6.45) is 0. The molecule has 1 heterocycles. The molecule has 4 nitrogen and oxygen atoms in total. The molecular formula is C11H10Cl2N2O2. The minimum absolute atomic E-state index is 0.387. The number of carboxylic acid groups (broad SMARTS) is 1. The fourth-order valence-corrected chi connectivity index (χ4v) is 2.13. The molecule has 1 aromatic carbocycles. The van der Waals surface area contributed by atoms with Gasteiger partial charge in [0.05, 0.1) is 21.1 Å². The van der Waals surface area contributed by atoms with E-state index in [0.29, 0.717) is 26.9 Å². The van der Waals surface area contributed by atoms with Gasteiger partial charge in [0.2, 0.25) is 0 Å². The maximum absolute atomic E-state index is 11.0. The number of hydrogen-bond donors (Lipinski definition) is 1. The van der Waals surface area contributed by atoms with E-state index in [0.717, 1.165) is 0 Å². The van der Waals surface area contributed by atoms with Gasteiger partial charge in [-0.05, 0) is 26.0 Å². The molecule has 0 amide bonds. The summed E-state index contributed by atoms with van der Waals surface area (Å²) in [6.45, 7) is 3.35. The van der Waals surface area contributed by atoms with Gasteiger partial charge in [0, 0.05) is 0 Å². The van der Waals surface area contributed by atoms with Crippen molar-refractivity contribution in [3.63, 3.8) is 0 Å². The molecule has 0 saturated carbocycles. The molecule has 0 aliphatic rings. The van der Waals surface area contributed by atoms with Gasteiger partial charge in [0.25, 0.3) is 0 Å². The van der Waals surface area contributed by atoms with Crippen LogP contribution in [0.25, 0.3) is 11.0 Å². The quantitative estimate of drug-likeness (QED) is 0.913. The summed E-state index contributed by atoms with van der Waals surface area (Å²) in [4.78, 5) is 15.3. The van der Waals surface area contributed by atoms with Crippen molar-refractivity contribution in [1.29, 1.82) is 0 Å². The first-order valence-corrected chi connectivity index (χ1v) is 5.73. The van der Waals surface area contributed by atoms with Gasteiger partial charge >= 0.3 is 5.97 Å². The third-order valence-electron chi connectivity index (χ3n) is 2.65. The average Bonchev–Trinajstić information content (AvgIpc) is 2.53. The Kier molecular flexibility index (Phi) is 3.02. The van der Waals surface area contributed by atoms with Crippen molar-refractivity contribution in [1.82, 2.24) is 9.55 Å². The van der Waals surface area contributed by atoms with Gasteiger partial charge in [-0.1, -0.05) is 23.2 Å². The van der Waals surface area contributed by atoms with Crippen molar-refractivity contribution >= 4 is 40.2 Å². The molecule has 0 saturated heterocycles. The highest BCUT2D eigenvalue weighted by Crippen LogP contribution is 2.29. The maximum atomic E-state index is 11.0. The molecule has 90 valence electrons. The van der Waals surface area contributed by atoms with Crippen molar-refractivity contribution in [2.45, 2.75) is 19.9 Å². The fraction of sp³-hybridized carbons (Fsp3) is 0.273. The summed E-state index contributed by atoms with van der Waals surface area (Å²) in [5.74, 6) is -0.299. The van der Waals surface area contributed by atoms with Gasteiger partial charge in [0.15, 0.2) is 0 Å². The first-order chi connectivity index (χ1) is 7.91. The van der Waals surface area contributed by atoms with Gasteiger partial charge in [-0.25, -0.2) is 9.78 Å². The summed E-state index contributed by atoms with van der Waals surface area (Å²) in [7, 11) is 0. The summed E-state index contributed by atoms with van der Waals surface area (Å²) in [5, 5.41) is 9.85. The number of hydrogen-bond acceptors (Lipinski definition) is 2. The molecule has 1 atom stereocenters. The number of benzene rings is 1. The van der Waals surface area contributed by atoms with E-state index < -0.39 is 12.0 Å². The van der Waals surface area contributed by atoms with E-state index in [2.05, 4.69) is 4.98 Å². The predicted molar refractivity (Wildman–Crippen MR) is 66.8 cm³/mol. The molecule has 0 fully saturated rings. The van der Waals surface area contributed by atoms with Crippen LogP contribution in [-0.2, 0) is 4.79 Å². The summed E-state index contributed by atoms with van der Waals surface area (Å²) in [5.41, 5.74) is 1.32. The lowest BCUT2D eigenvalue weighted by atomic mass is 10.2. The van der Waals surface area contributed by atoms with E-state index in [1.54, 1.807) is 30.5 Å². The molecule has 0 bridgehead atoms. The normalized spacial score (nSPS) is 12.9. The number of carboxylic acids is 1. The first kappa shape index (κ1) is 12.2. The number of imidazole rings is 1. The van der Waals surface area contributed by atoms with E-state index in [4.69, 9.17) is 28.3 Å². The zero-order chi connectivity index (χ0) is 12.7. The van der Waals surface area contributed by atoms with Gasteiger partial charge < -0.3 is 9.67 Å². The van der Waals surface area contributed by atoms with Crippen LogP contribution >= 0.6 is 23.2 Å². The molecule has 0 radical (unpaired) electrons. The van der Waals surface area contributed by atoms with E-state index in [1.807, 2.05) is 0 Å². The van der Waals surface area contributed by atoms with Crippen molar-refractivity contribution in [2.75, 3.05) is 0 Å². The van der Waals surface area contributed by atoms with Crippen LogP contribution in [0.3, 0.4) is 0 Å². The van der Waals surface area contributed by atoms with Crippen LogP contribution in [0.15, 0.2) is 12.1 Å². The Morgan fingerprint density at radius 2 is 2.00 bits per heavy atom. The van der Waals surface area contributed by atoms with Gasteiger partial charge in [0.1, 0.15) is 11.9 Å². The number of nitrogens with zero attached hydrogens (tertiary/aromatic N) is 2. The highest BCUT2D eigenvalue weighted by molar-refractivity contribution is 6.42. The van der Waals surface area contributed by atoms with Gasteiger partial charge in [-0.15, -0.1) is 0 Å². The second-order valence-corrected chi connectivity index (χ2v) is 4.61. The zero-order valence-corrected chi connectivity index (χ0v) is 10.7. The Hall–Kier alpha value is -1.26. The number of halogens is 2. The topological polar surface area (TPSA) is 55.1 Å². The molecule has 2 aromatic rings. The SMILES string of the molecule is Cc1nc2cc(Cl)c(Cl)cc2n1C(C)C(=O)O. The average molecular weight is 273 g/mol. The molecule has 6 heteroatoms. The Morgan fingerprint density at radius 1 is 1.41 bits per heavy atom. The van der Waals surface area contributed by atoms with Crippen LogP contribution in [0.2, 0.25) is 10.0 Å². The molecule has 0 spiro atoms. The number of aryl methyl sites for hydroxylation is 1. The minimum atomic E-state index is -0.918. The lowest BCUT2D eigenvalue weighted by Gasteiger charge is -2.11. The summed E-state index contributed by atoms with van der Waals surface area (Å²) in [6, 6.07) is 2.58. The van der Waals surface area contributed by atoms with Crippen LogP contribution in [-0.4, -0.2) is 20.6 Å². The largest absolute Gasteiger partial charge is 0.480 e. The fourth-order valence-electron chi connectivity index (χ4n) is 1.81. The molecule has 1 aromatic heterocycles. The van der Waals surface area contributed by atoms with Crippen molar-refractivity contribution in [3.05, 3.63) is 28.0 Å². The van der Waals surface area contributed by atoms with Crippen molar-refractivity contribution in [3.8, 4) is 0 Å². The Bertz CT molecular complexity index is 607. The molecule has 0 aliphatic carbocycles. The first-order valence-electron chi connectivity index (χ1n) is 4.98. The van der Waals surface area contributed by atoms with E-state index in [1.165, 1.54) is 0 Å². The molecule has 0 aliphatic heterocycles. The highest BCUT2D eigenvalue weighted by atomic mass is 35.5. The van der Waals surface area contributed by atoms with Crippen molar-refractivity contribution < 1.29 is 9.90 Å². The molecule has 1 unspecified atom stereocenters. The van der Waals surface area contributed by atoms with Gasteiger partial charge in [-0.3, -0.25) is 0 Å². The lowest BCUT2D eigenvalue weighted by molar-refractivity contribution is -0.140. The number of aromatic nitrogens is 2. The number of rotatable bonds is 2. The molecule has 17 heavy (non-hydrogen) atoms. The van der Waals surface area contributed by atoms with Crippen LogP contribution in [0.1, 0.15) is 18.8 Å². The highest BCUT2D eigenvalue weighted by Gasteiger charge is 2.19. The Labute approximate surface area is 108 Å². The van der Waals surface area contributed by atoms with Crippen LogP contribution in [0, 0.1) is 6.92 Å². The second-order valence-electron chi connectivity index (χ2n) is 3.80. The molecular weight excluding hydrogens is 263 g/mol. The minimum Gasteiger partial charge on any atom is -0.480 e. The maximum Gasteiger partial charge on any atom is 0.326 e. The number of aliphatic carboxylic acids is 1. The Balaban J connectivity index is 2.75. The standard InChI is InChI=1S/C11H10Cl2N2O2/c1-5(11(16)17)15-6(2)14-9-3-7(12)8(13)4-10(9)15/h3-5H,1-2H3,(H,16,17). The van der Waals surface area contributed by atoms with Gasteiger partial charge in [-0.2, -0.15) is 0 Å².